The molecule has 0 atom stereocenters. The minimum atomic E-state index is -0.481. The number of carbonyl (C=O) groups is 4. The van der Waals surface area contributed by atoms with Crippen LogP contribution in [0.4, 0.5) is 9.59 Å². The quantitative estimate of drug-likeness (QED) is 0.0239. The lowest BCUT2D eigenvalue weighted by Crippen LogP contribution is -2.47. The third-order valence-corrected chi connectivity index (χ3v) is 10.8. The Labute approximate surface area is 328 Å². The molecule has 0 radical (unpaired) electrons. The normalized spacial score (nSPS) is 13.7. The Kier molecular flexibility index (Phi) is 32.4. The maximum absolute atomic E-state index is 13.0. The van der Waals surface area contributed by atoms with Crippen LogP contribution in [0, 0.1) is 0 Å². The van der Waals surface area contributed by atoms with Gasteiger partial charge in [-0.2, -0.15) is 0 Å². The fourth-order valence-electron chi connectivity index (χ4n) is 5.28. The zero-order valence-electron chi connectivity index (χ0n) is 33.0. The molecule has 1 saturated heterocycles. The molecule has 0 aromatic rings. The van der Waals surface area contributed by atoms with Crippen LogP contribution >= 0.6 is 21.6 Å². The van der Waals surface area contributed by atoms with Crippen LogP contribution in [0.1, 0.15) is 104 Å². The number of nitrogens with one attached hydrogen (secondary N) is 1. The number of rotatable bonds is 32. The minimum absolute atomic E-state index is 0.184. The molecule has 0 spiro atoms. The van der Waals surface area contributed by atoms with Gasteiger partial charge in [0, 0.05) is 76.7 Å². The van der Waals surface area contributed by atoms with E-state index in [4.69, 9.17) is 18.9 Å². The number of likely N-dealkylation sites (N-methyl/N-ethyl adjacent to an activating group) is 1. The predicted octanol–water partition coefficient (Wildman–Crippen LogP) is 7.48. The molecule has 306 valence electrons. The van der Waals surface area contributed by atoms with E-state index in [0.717, 1.165) is 58.4 Å². The second-order valence-electron chi connectivity index (χ2n) is 13.2. The number of ether oxygens (including phenoxy) is 4. The summed E-state index contributed by atoms with van der Waals surface area (Å²) in [6.45, 7) is 11.5. The molecule has 2 amide bonds. The van der Waals surface area contributed by atoms with Gasteiger partial charge in [0.25, 0.3) is 0 Å². The van der Waals surface area contributed by atoms with Gasteiger partial charge in [0.2, 0.25) is 0 Å². The van der Waals surface area contributed by atoms with E-state index in [-0.39, 0.29) is 44.6 Å². The van der Waals surface area contributed by atoms with Gasteiger partial charge < -0.3 is 34.1 Å². The van der Waals surface area contributed by atoms with E-state index < -0.39 is 12.2 Å². The molecule has 1 heterocycles. The van der Waals surface area contributed by atoms with Crippen molar-refractivity contribution in [3.8, 4) is 0 Å². The summed E-state index contributed by atoms with van der Waals surface area (Å²) in [7, 11) is 5.20. The molecule has 1 rings (SSSR count). The standard InChI is InChI=1S/C39H70N4O8S2/c1-4-6-8-10-12-14-16-30-48-36(44)20-18-23-43(24-19-21-37(45)49-31-17-15-13-11-9-7-5-2)39(47)51-33-35-53-52-34-32-50-38(46)40-22-25-42-28-26-41(3)27-29-42/h14-17H,4-13,18-35H2,1-3H3,(H,40,46)/b16-14-,17-15-. The van der Waals surface area contributed by atoms with Gasteiger partial charge in [-0.15, -0.1) is 0 Å². The Bertz CT molecular complexity index is 968. The number of piperazine rings is 1. The maximum Gasteiger partial charge on any atom is 0.409 e. The monoisotopic (exact) mass is 786 g/mol. The molecule has 0 bridgehead atoms. The van der Waals surface area contributed by atoms with Crippen molar-refractivity contribution < 1.29 is 38.1 Å². The molecule has 1 aliphatic heterocycles. The number of carbonyl (C=O) groups excluding carboxylic acids is 4. The molecular weight excluding hydrogens is 717 g/mol. The number of alkyl carbamates (subject to hydrolysis) is 1. The average molecular weight is 787 g/mol. The van der Waals surface area contributed by atoms with Crippen LogP contribution in [0.15, 0.2) is 24.3 Å². The molecule has 1 aliphatic rings. The largest absolute Gasteiger partial charge is 0.461 e. The summed E-state index contributed by atoms with van der Waals surface area (Å²) in [6, 6.07) is 0. The molecule has 0 unspecified atom stereocenters. The van der Waals surface area contributed by atoms with Crippen molar-refractivity contribution in [2.24, 2.45) is 0 Å². The third kappa shape index (κ3) is 30.6. The van der Waals surface area contributed by atoms with E-state index in [9.17, 15) is 19.2 Å². The number of unbranched alkanes of at least 4 members (excludes halogenated alkanes) is 8. The van der Waals surface area contributed by atoms with Crippen molar-refractivity contribution in [3.05, 3.63) is 24.3 Å². The molecule has 1 N–H and O–H groups in total. The SMILES string of the molecule is CCCCCC/C=C\COC(=O)CCCN(CCCC(=O)OC/C=C\CCCCCC)C(=O)OCCSSCCOC(=O)NCCN1CCN(C)CC1. The second-order valence-corrected chi connectivity index (χ2v) is 15.9. The van der Waals surface area contributed by atoms with Gasteiger partial charge in [0.05, 0.1) is 0 Å². The molecule has 12 nitrogen and oxygen atoms in total. The number of amides is 2. The van der Waals surface area contributed by atoms with Gasteiger partial charge in [-0.1, -0.05) is 98.3 Å². The molecule has 0 saturated carbocycles. The van der Waals surface area contributed by atoms with E-state index in [0.29, 0.717) is 50.6 Å². The van der Waals surface area contributed by atoms with Crippen LogP contribution in [-0.2, 0) is 28.5 Å². The first-order chi connectivity index (χ1) is 25.8. The highest BCUT2D eigenvalue weighted by atomic mass is 33.1. The summed E-state index contributed by atoms with van der Waals surface area (Å²) in [5, 5.41) is 2.81. The van der Waals surface area contributed by atoms with Crippen molar-refractivity contribution in [2.45, 2.75) is 104 Å². The Morgan fingerprint density at radius 1 is 0.660 bits per heavy atom. The first kappa shape index (κ1) is 48.6. The maximum atomic E-state index is 13.0. The second kappa shape index (κ2) is 35.3. The summed E-state index contributed by atoms with van der Waals surface area (Å²) in [5.74, 6) is 0.568. The Hall–Kier alpha value is -2.42. The zero-order valence-corrected chi connectivity index (χ0v) is 34.7. The number of esters is 2. The summed E-state index contributed by atoms with van der Waals surface area (Å²) < 4.78 is 21.4. The van der Waals surface area contributed by atoms with E-state index in [1.807, 2.05) is 12.2 Å². The number of nitrogens with zero attached hydrogens (tertiary/aromatic N) is 3. The van der Waals surface area contributed by atoms with Crippen molar-refractivity contribution in [1.82, 2.24) is 20.0 Å². The first-order valence-electron chi connectivity index (χ1n) is 19.9. The summed E-state index contributed by atoms with van der Waals surface area (Å²) >= 11 is 0. The molecule has 53 heavy (non-hydrogen) atoms. The molecular formula is C39H70N4O8S2. The number of hydrogen-bond acceptors (Lipinski definition) is 12. The van der Waals surface area contributed by atoms with Crippen molar-refractivity contribution in [1.29, 1.82) is 0 Å². The molecule has 0 aromatic carbocycles. The molecule has 1 fully saturated rings. The highest BCUT2D eigenvalue weighted by Crippen LogP contribution is 2.20. The van der Waals surface area contributed by atoms with Crippen LogP contribution in [0.2, 0.25) is 0 Å². The van der Waals surface area contributed by atoms with Gasteiger partial charge in [0.15, 0.2) is 0 Å². The molecule has 0 aliphatic carbocycles. The third-order valence-electron chi connectivity index (χ3n) is 8.51. The fraction of sp³-hybridized carbons (Fsp3) is 0.795. The Morgan fingerprint density at radius 2 is 1.19 bits per heavy atom. The molecule has 14 heteroatoms. The van der Waals surface area contributed by atoms with Gasteiger partial charge in [0.1, 0.15) is 26.4 Å². The fourth-order valence-corrected chi connectivity index (χ4v) is 6.93. The summed E-state index contributed by atoms with van der Waals surface area (Å²) in [4.78, 5) is 55.6. The van der Waals surface area contributed by atoms with Crippen molar-refractivity contribution >= 4 is 45.7 Å². The minimum Gasteiger partial charge on any atom is -0.461 e. The van der Waals surface area contributed by atoms with Gasteiger partial charge in [-0.3, -0.25) is 14.5 Å². The van der Waals surface area contributed by atoms with Crippen LogP contribution in [0.3, 0.4) is 0 Å². The van der Waals surface area contributed by atoms with Gasteiger partial charge in [-0.05, 0) is 45.6 Å². The lowest BCUT2D eigenvalue weighted by Gasteiger charge is -2.32. The van der Waals surface area contributed by atoms with Crippen molar-refractivity contribution in [3.63, 3.8) is 0 Å². The van der Waals surface area contributed by atoms with Crippen LogP contribution in [0.5, 0.6) is 0 Å². The smallest absolute Gasteiger partial charge is 0.409 e. The highest BCUT2D eigenvalue weighted by Gasteiger charge is 2.17. The highest BCUT2D eigenvalue weighted by molar-refractivity contribution is 8.76. The van der Waals surface area contributed by atoms with E-state index in [1.54, 1.807) is 15.7 Å². The van der Waals surface area contributed by atoms with E-state index in [2.05, 4.69) is 48.2 Å². The summed E-state index contributed by atoms with van der Waals surface area (Å²) in [6.07, 6.45) is 19.8. The first-order valence-corrected chi connectivity index (χ1v) is 22.4. The molecule has 0 aromatic heterocycles. The van der Waals surface area contributed by atoms with Crippen LogP contribution in [-0.4, -0.2) is 136 Å². The van der Waals surface area contributed by atoms with Gasteiger partial charge in [-0.25, -0.2) is 9.59 Å². The van der Waals surface area contributed by atoms with Crippen molar-refractivity contribution in [2.75, 3.05) is 97.3 Å². The van der Waals surface area contributed by atoms with E-state index >= 15 is 0 Å². The topological polar surface area (TPSA) is 127 Å². The summed E-state index contributed by atoms with van der Waals surface area (Å²) in [5.41, 5.74) is 0. The van der Waals surface area contributed by atoms with Crippen LogP contribution < -0.4 is 5.32 Å². The Balaban J connectivity index is 2.31. The van der Waals surface area contributed by atoms with E-state index in [1.165, 1.54) is 49.3 Å². The predicted molar refractivity (Wildman–Crippen MR) is 217 cm³/mol. The zero-order chi connectivity index (χ0) is 38.6. The Morgan fingerprint density at radius 3 is 1.72 bits per heavy atom. The van der Waals surface area contributed by atoms with Crippen LogP contribution in [0.25, 0.3) is 0 Å². The van der Waals surface area contributed by atoms with Gasteiger partial charge >= 0.3 is 24.1 Å². The lowest BCUT2D eigenvalue weighted by molar-refractivity contribution is -0.143. The number of allylic oxidation sites excluding steroid dienone is 2. The lowest BCUT2D eigenvalue weighted by atomic mass is 10.1. The average Bonchev–Trinajstić information content (AvgIpc) is 3.15. The number of hydrogen-bond donors (Lipinski definition) is 1.